The molecule has 0 saturated carbocycles. The third kappa shape index (κ3) is 10.3. The van der Waals surface area contributed by atoms with Crippen LogP contribution in [0.4, 0.5) is 13.2 Å². The van der Waals surface area contributed by atoms with Gasteiger partial charge in [-0.3, -0.25) is 0 Å². The lowest BCUT2D eigenvalue weighted by molar-refractivity contribution is -0.137. The van der Waals surface area contributed by atoms with Crippen LogP contribution in [-0.2, 0) is 23.8 Å². The van der Waals surface area contributed by atoms with Gasteiger partial charge < -0.3 is 8.92 Å². The van der Waals surface area contributed by atoms with Crippen molar-refractivity contribution in [2.45, 2.75) is 58.9 Å². The summed E-state index contributed by atoms with van der Waals surface area (Å²) in [5, 5.41) is 0. The minimum atomic E-state index is -5.84. The monoisotopic (exact) mass is 398 g/mol. The minimum Gasteiger partial charge on any atom is -0.463 e. The van der Waals surface area contributed by atoms with Crippen LogP contribution in [0.3, 0.4) is 0 Å². The zero-order valence-corrected chi connectivity index (χ0v) is 16.2. The molecule has 0 bridgehead atoms. The SMILES string of the molecule is CCOC(=O)/C=C(\CC/C=C(/C)CCC=C(C)C)OS(=O)(=O)C(F)(F)F. The summed E-state index contributed by atoms with van der Waals surface area (Å²) < 4.78 is 68.3. The van der Waals surface area contributed by atoms with Gasteiger partial charge in [-0.1, -0.05) is 23.3 Å². The van der Waals surface area contributed by atoms with E-state index in [2.05, 4.69) is 15.0 Å². The molecule has 0 unspecified atom stereocenters. The summed E-state index contributed by atoms with van der Waals surface area (Å²) in [6.45, 7) is 7.32. The highest BCUT2D eigenvalue weighted by Gasteiger charge is 2.48. The maximum atomic E-state index is 12.5. The van der Waals surface area contributed by atoms with Gasteiger partial charge in [-0.25, -0.2) is 4.79 Å². The lowest BCUT2D eigenvalue weighted by Gasteiger charge is -2.12. The molecule has 26 heavy (non-hydrogen) atoms. The van der Waals surface area contributed by atoms with Crippen molar-refractivity contribution in [3.8, 4) is 0 Å². The summed E-state index contributed by atoms with van der Waals surface area (Å²) in [7, 11) is -5.84. The Kier molecular flexibility index (Phi) is 10.3. The average Bonchev–Trinajstić information content (AvgIpc) is 2.45. The Labute approximate surface area is 152 Å². The molecule has 0 aromatic rings. The first kappa shape index (κ1) is 24.2. The number of ether oxygens (including phenoxy) is 1. The van der Waals surface area contributed by atoms with Gasteiger partial charge in [0.25, 0.3) is 0 Å². The maximum absolute atomic E-state index is 12.5. The van der Waals surface area contributed by atoms with E-state index in [9.17, 15) is 26.4 Å². The molecule has 0 rings (SSSR count). The average molecular weight is 398 g/mol. The van der Waals surface area contributed by atoms with Gasteiger partial charge in [0.2, 0.25) is 0 Å². The Balaban J connectivity index is 5.04. The molecule has 0 N–H and O–H groups in total. The molecule has 5 nitrogen and oxygen atoms in total. The van der Waals surface area contributed by atoms with Crippen LogP contribution in [-0.4, -0.2) is 26.5 Å². The summed E-state index contributed by atoms with van der Waals surface area (Å²) in [6.07, 6.45) is 6.08. The fraction of sp³-hybridized carbons (Fsp3) is 0.588. The molecule has 0 amide bonds. The Morgan fingerprint density at radius 1 is 1.04 bits per heavy atom. The molecule has 0 radical (unpaired) electrons. The van der Waals surface area contributed by atoms with Gasteiger partial charge in [-0.15, -0.1) is 0 Å². The first-order chi connectivity index (χ1) is 11.9. The van der Waals surface area contributed by atoms with E-state index in [0.717, 1.165) is 18.4 Å². The molecule has 0 spiro atoms. The third-order valence-corrected chi connectivity index (χ3v) is 4.04. The lowest BCUT2D eigenvalue weighted by Crippen LogP contribution is -2.25. The molecule has 0 atom stereocenters. The van der Waals surface area contributed by atoms with Gasteiger partial charge in [0, 0.05) is 6.42 Å². The largest absolute Gasteiger partial charge is 0.534 e. The standard InChI is InChI=1S/C17H25F3O5S/c1-5-24-16(21)12-15(25-26(22,23)17(18,19)20)11-7-10-14(4)9-6-8-13(2)3/h8,10,12H,5-7,9,11H2,1-4H3/b14-10-,15-12+. The van der Waals surface area contributed by atoms with Gasteiger partial charge in [-0.2, -0.15) is 21.6 Å². The fourth-order valence-corrected chi connectivity index (χ4v) is 2.30. The van der Waals surface area contributed by atoms with E-state index < -0.39 is 27.4 Å². The number of allylic oxidation sites excluding steroid dienone is 5. The Morgan fingerprint density at radius 2 is 1.62 bits per heavy atom. The van der Waals surface area contributed by atoms with Crippen molar-refractivity contribution in [3.63, 3.8) is 0 Å². The Bertz CT molecular complexity index is 654. The van der Waals surface area contributed by atoms with Crippen molar-refractivity contribution in [1.29, 1.82) is 0 Å². The molecule has 9 heteroatoms. The molecule has 150 valence electrons. The molecule has 0 aromatic heterocycles. The predicted molar refractivity (Wildman–Crippen MR) is 92.4 cm³/mol. The first-order valence-corrected chi connectivity index (χ1v) is 9.47. The molecule has 0 aliphatic heterocycles. The second-order valence-electron chi connectivity index (χ2n) is 5.76. The maximum Gasteiger partial charge on any atom is 0.534 e. The predicted octanol–water partition coefficient (Wildman–Crippen LogP) is 4.77. The number of hydrogen-bond donors (Lipinski definition) is 0. The van der Waals surface area contributed by atoms with Crippen molar-refractivity contribution >= 4 is 16.1 Å². The number of carbonyl (C=O) groups is 1. The van der Waals surface area contributed by atoms with E-state index in [0.29, 0.717) is 6.08 Å². The molecule has 0 fully saturated rings. The minimum absolute atomic E-state index is 0.00198. The van der Waals surface area contributed by atoms with Gasteiger partial charge >= 0.3 is 21.6 Å². The molecule has 0 aliphatic carbocycles. The van der Waals surface area contributed by atoms with E-state index in [-0.39, 0.29) is 19.4 Å². The van der Waals surface area contributed by atoms with Gasteiger partial charge in [0.05, 0.1) is 12.7 Å². The number of alkyl halides is 3. The van der Waals surface area contributed by atoms with E-state index >= 15 is 0 Å². The fourth-order valence-electron chi connectivity index (χ4n) is 1.79. The molecular formula is C17H25F3O5S. The summed E-state index contributed by atoms with van der Waals surface area (Å²) in [6, 6.07) is 0. The quantitative estimate of drug-likeness (QED) is 0.132. The van der Waals surface area contributed by atoms with E-state index in [1.54, 1.807) is 6.08 Å². The van der Waals surface area contributed by atoms with Crippen LogP contribution in [0.5, 0.6) is 0 Å². The van der Waals surface area contributed by atoms with Crippen LogP contribution in [0.2, 0.25) is 0 Å². The number of carbonyl (C=O) groups excluding carboxylic acids is 1. The van der Waals surface area contributed by atoms with E-state index in [4.69, 9.17) is 0 Å². The van der Waals surface area contributed by atoms with Crippen LogP contribution in [0.25, 0.3) is 0 Å². The van der Waals surface area contributed by atoms with Crippen molar-refractivity contribution in [3.05, 3.63) is 35.1 Å². The van der Waals surface area contributed by atoms with Crippen molar-refractivity contribution in [2.75, 3.05) is 6.61 Å². The smallest absolute Gasteiger partial charge is 0.463 e. The lowest BCUT2D eigenvalue weighted by atomic mass is 10.1. The van der Waals surface area contributed by atoms with Crippen molar-refractivity contribution in [1.82, 2.24) is 0 Å². The molecule has 0 saturated heterocycles. The summed E-state index contributed by atoms with van der Waals surface area (Å²) in [4.78, 5) is 11.4. The normalized spacial score (nSPS) is 13.3. The van der Waals surface area contributed by atoms with E-state index in [1.807, 2.05) is 20.8 Å². The van der Waals surface area contributed by atoms with Gasteiger partial charge in [0.15, 0.2) is 0 Å². The second kappa shape index (κ2) is 11.1. The second-order valence-corrected chi connectivity index (χ2v) is 7.29. The van der Waals surface area contributed by atoms with Gasteiger partial charge in [0.1, 0.15) is 5.76 Å². The first-order valence-electron chi connectivity index (χ1n) is 8.06. The Morgan fingerprint density at radius 3 is 2.12 bits per heavy atom. The van der Waals surface area contributed by atoms with Gasteiger partial charge in [-0.05, 0) is 47.0 Å². The van der Waals surface area contributed by atoms with Crippen molar-refractivity contribution < 1.29 is 35.3 Å². The molecule has 0 aromatic carbocycles. The number of rotatable bonds is 10. The molecule has 0 heterocycles. The van der Waals surface area contributed by atoms with Crippen LogP contribution in [0.1, 0.15) is 53.4 Å². The topological polar surface area (TPSA) is 69.7 Å². The molecule has 0 aliphatic rings. The number of esters is 1. The highest BCUT2D eigenvalue weighted by molar-refractivity contribution is 7.87. The number of halogens is 3. The summed E-state index contributed by atoms with van der Waals surface area (Å²) in [5.41, 5.74) is -3.39. The van der Waals surface area contributed by atoms with Crippen LogP contribution in [0.15, 0.2) is 35.1 Å². The van der Waals surface area contributed by atoms with Crippen LogP contribution < -0.4 is 0 Å². The van der Waals surface area contributed by atoms with E-state index in [1.165, 1.54) is 12.5 Å². The zero-order valence-electron chi connectivity index (χ0n) is 15.4. The third-order valence-electron chi connectivity index (χ3n) is 3.04. The number of hydrogen-bond acceptors (Lipinski definition) is 5. The van der Waals surface area contributed by atoms with Crippen molar-refractivity contribution in [2.24, 2.45) is 0 Å². The van der Waals surface area contributed by atoms with Crippen LogP contribution >= 0.6 is 0 Å². The summed E-state index contributed by atoms with van der Waals surface area (Å²) >= 11 is 0. The van der Waals surface area contributed by atoms with Crippen LogP contribution in [0, 0.1) is 0 Å². The highest BCUT2D eigenvalue weighted by atomic mass is 32.2. The Hall–Kier alpha value is -1.77. The molecular weight excluding hydrogens is 373 g/mol. The zero-order chi connectivity index (χ0) is 20.4. The summed E-state index contributed by atoms with van der Waals surface area (Å²) in [5.74, 6) is -1.58. The highest BCUT2D eigenvalue weighted by Crippen LogP contribution is 2.28.